The summed E-state index contributed by atoms with van der Waals surface area (Å²) in [7, 11) is 0. The minimum Gasteiger partial charge on any atom is -0.372 e. The van der Waals surface area contributed by atoms with E-state index in [2.05, 4.69) is 32.7 Å². The van der Waals surface area contributed by atoms with Gasteiger partial charge in [-0.15, -0.1) is 24.8 Å². The van der Waals surface area contributed by atoms with Crippen LogP contribution in [0.3, 0.4) is 0 Å². The van der Waals surface area contributed by atoms with Crippen LogP contribution in [0.4, 0.5) is 21.9 Å². The summed E-state index contributed by atoms with van der Waals surface area (Å²) in [6.07, 6.45) is 4.20. The van der Waals surface area contributed by atoms with Gasteiger partial charge in [0.15, 0.2) is 0 Å². The maximum atomic E-state index is 12.3. The summed E-state index contributed by atoms with van der Waals surface area (Å²) in [6.45, 7) is 2.23. The third-order valence-corrected chi connectivity index (χ3v) is 4.49. The molecular weight excluding hydrogens is 383 g/mol. The number of para-hydroxylation sites is 1. The van der Waals surface area contributed by atoms with Crippen molar-refractivity contribution in [1.29, 1.82) is 0 Å². The van der Waals surface area contributed by atoms with Crippen LogP contribution in [0.5, 0.6) is 0 Å². The molecule has 5 nitrogen and oxygen atoms in total. The van der Waals surface area contributed by atoms with Crippen molar-refractivity contribution in [3.63, 3.8) is 0 Å². The number of anilines is 3. The normalized spacial score (nSPS) is 12.8. The number of amides is 2. The van der Waals surface area contributed by atoms with Gasteiger partial charge in [0.2, 0.25) is 0 Å². The highest BCUT2D eigenvalue weighted by Gasteiger charge is 2.12. The molecule has 2 amide bonds. The van der Waals surface area contributed by atoms with E-state index >= 15 is 0 Å². The molecule has 3 aromatic rings. The van der Waals surface area contributed by atoms with Crippen LogP contribution in [0.2, 0.25) is 0 Å². The molecule has 142 valence electrons. The number of urea groups is 1. The monoisotopic (exact) mass is 404 g/mol. The molecule has 1 aliphatic rings. The number of nitrogens with zero attached hydrogens (tertiary/aromatic N) is 2. The average Bonchev–Trinajstić information content (AvgIpc) is 3.17. The van der Waals surface area contributed by atoms with Gasteiger partial charge >= 0.3 is 6.03 Å². The number of nitrogens with one attached hydrogen (secondary N) is 2. The predicted octanol–water partition coefficient (Wildman–Crippen LogP) is 5.32. The van der Waals surface area contributed by atoms with Crippen molar-refractivity contribution < 1.29 is 4.79 Å². The first-order valence-electron chi connectivity index (χ1n) is 8.56. The highest BCUT2D eigenvalue weighted by Crippen LogP contribution is 2.23. The summed E-state index contributed by atoms with van der Waals surface area (Å²) in [6, 6.07) is 17.3. The molecule has 27 heavy (non-hydrogen) atoms. The highest BCUT2D eigenvalue weighted by atomic mass is 35.5. The van der Waals surface area contributed by atoms with E-state index < -0.39 is 0 Å². The lowest BCUT2D eigenvalue weighted by atomic mass is 10.2. The third-order valence-electron chi connectivity index (χ3n) is 4.49. The molecule has 2 N–H and O–H groups in total. The quantitative estimate of drug-likeness (QED) is 0.620. The number of rotatable bonds is 3. The number of carbonyl (C=O) groups is 1. The van der Waals surface area contributed by atoms with Gasteiger partial charge in [0.1, 0.15) is 0 Å². The Morgan fingerprint density at radius 2 is 1.59 bits per heavy atom. The molecule has 7 heteroatoms. The Labute approximate surface area is 171 Å². The van der Waals surface area contributed by atoms with Gasteiger partial charge in [-0.3, -0.25) is 4.98 Å². The van der Waals surface area contributed by atoms with Crippen LogP contribution in [-0.4, -0.2) is 24.1 Å². The first-order chi connectivity index (χ1) is 12.3. The minimum absolute atomic E-state index is 0. The number of aromatic nitrogens is 1. The maximum absolute atomic E-state index is 12.3. The summed E-state index contributed by atoms with van der Waals surface area (Å²) in [4.78, 5) is 19.0. The Balaban J connectivity index is 0.00000131. The molecular formula is C20H22Cl2N4O. The fourth-order valence-corrected chi connectivity index (χ4v) is 3.22. The van der Waals surface area contributed by atoms with Crippen molar-refractivity contribution in [3.05, 3.63) is 60.8 Å². The summed E-state index contributed by atoms with van der Waals surface area (Å²) in [5.74, 6) is 0. The predicted molar refractivity (Wildman–Crippen MR) is 117 cm³/mol. The third kappa shape index (κ3) is 4.81. The number of pyridine rings is 1. The van der Waals surface area contributed by atoms with Gasteiger partial charge in [0.25, 0.3) is 0 Å². The molecule has 0 unspecified atom stereocenters. The van der Waals surface area contributed by atoms with Gasteiger partial charge in [-0.2, -0.15) is 0 Å². The van der Waals surface area contributed by atoms with Crippen LogP contribution in [0, 0.1) is 0 Å². The smallest absolute Gasteiger partial charge is 0.323 e. The molecule has 0 spiro atoms. The van der Waals surface area contributed by atoms with Crippen LogP contribution < -0.4 is 15.5 Å². The number of benzene rings is 2. The molecule has 1 saturated heterocycles. The van der Waals surface area contributed by atoms with Gasteiger partial charge in [-0.25, -0.2) is 4.79 Å². The molecule has 1 aliphatic heterocycles. The van der Waals surface area contributed by atoms with E-state index in [9.17, 15) is 4.79 Å². The number of hydrogen-bond donors (Lipinski definition) is 2. The van der Waals surface area contributed by atoms with E-state index in [1.807, 2.05) is 36.4 Å². The van der Waals surface area contributed by atoms with Crippen molar-refractivity contribution in [2.45, 2.75) is 12.8 Å². The van der Waals surface area contributed by atoms with E-state index in [1.165, 1.54) is 18.5 Å². The van der Waals surface area contributed by atoms with Crippen molar-refractivity contribution in [2.24, 2.45) is 0 Å². The van der Waals surface area contributed by atoms with Crippen LogP contribution >= 0.6 is 24.8 Å². The van der Waals surface area contributed by atoms with Gasteiger partial charge in [0, 0.05) is 36.0 Å². The van der Waals surface area contributed by atoms with Crippen LogP contribution in [0.25, 0.3) is 10.9 Å². The molecule has 0 aliphatic carbocycles. The van der Waals surface area contributed by atoms with E-state index in [1.54, 1.807) is 12.3 Å². The topological polar surface area (TPSA) is 57.3 Å². The summed E-state index contributed by atoms with van der Waals surface area (Å²) < 4.78 is 0. The maximum Gasteiger partial charge on any atom is 0.323 e. The van der Waals surface area contributed by atoms with E-state index in [-0.39, 0.29) is 30.8 Å². The van der Waals surface area contributed by atoms with E-state index in [0.29, 0.717) is 0 Å². The Hall–Kier alpha value is -2.50. The largest absolute Gasteiger partial charge is 0.372 e. The molecule has 2 heterocycles. The SMILES string of the molecule is Cl.Cl.O=C(Nc1ccc(N2CCCC2)cc1)Nc1ccnc2ccccc12. The summed E-state index contributed by atoms with van der Waals surface area (Å²) in [5.41, 5.74) is 3.59. The van der Waals surface area contributed by atoms with Crippen molar-refractivity contribution in [1.82, 2.24) is 4.98 Å². The Morgan fingerprint density at radius 1 is 0.889 bits per heavy atom. The van der Waals surface area contributed by atoms with Gasteiger partial charge in [-0.05, 0) is 49.2 Å². The summed E-state index contributed by atoms with van der Waals surface area (Å²) in [5, 5.41) is 6.71. The van der Waals surface area contributed by atoms with E-state index in [0.717, 1.165) is 35.4 Å². The Morgan fingerprint density at radius 3 is 2.33 bits per heavy atom. The molecule has 2 aromatic carbocycles. The van der Waals surface area contributed by atoms with Crippen LogP contribution in [0.1, 0.15) is 12.8 Å². The fraction of sp³-hybridized carbons (Fsp3) is 0.200. The second-order valence-corrected chi connectivity index (χ2v) is 6.20. The number of halogens is 2. The fourth-order valence-electron chi connectivity index (χ4n) is 3.22. The first kappa shape index (κ1) is 20.8. The second kappa shape index (κ2) is 9.44. The van der Waals surface area contributed by atoms with Gasteiger partial charge < -0.3 is 15.5 Å². The average molecular weight is 405 g/mol. The number of carbonyl (C=O) groups excluding carboxylic acids is 1. The summed E-state index contributed by atoms with van der Waals surface area (Å²) >= 11 is 0. The molecule has 0 radical (unpaired) electrons. The molecule has 1 fully saturated rings. The molecule has 4 rings (SSSR count). The lowest BCUT2D eigenvalue weighted by Gasteiger charge is -2.18. The second-order valence-electron chi connectivity index (χ2n) is 6.20. The van der Waals surface area contributed by atoms with E-state index in [4.69, 9.17) is 0 Å². The zero-order valence-corrected chi connectivity index (χ0v) is 16.4. The molecule has 0 bridgehead atoms. The zero-order valence-electron chi connectivity index (χ0n) is 14.7. The molecule has 1 aromatic heterocycles. The van der Waals surface area contributed by atoms with Gasteiger partial charge in [0.05, 0.1) is 11.2 Å². The Bertz CT molecular complexity index is 891. The van der Waals surface area contributed by atoms with Crippen molar-refractivity contribution in [2.75, 3.05) is 28.6 Å². The Kier molecular flexibility index (Phi) is 7.28. The highest BCUT2D eigenvalue weighted by molar-refractivity contribution is 6.05. The van der Waals surface area contributed by atoms with Gasteiger partial charge in [-0.1, -0.05) is 18.2 Å². The number of hydrogen-bond acceptors (Lipinski definition) is 3. The standard InChI is InChI=1S/C20H20N4O.2ClH/c25-20(23-19-11-12-21-18-6-2-1-5-17(18)19)22-15-7-9-16(10-8-15)24-13-3-4-14-24;;/h1-2,5-12H,3-4,13-14H2,(H2,21,22,23,25);2*1H. The molecule has 0 atom stereocenters. The van der Waals surface area contributed by atoms with Crippen LogP contribution in [0.15, 0.2) is 60.8 Å². The lowest BCUT2D eigenvalue weighted by molar-refractivity contribution is 0.262. The lowest BCUT2D eigenvalue weighted by Crippen LogP contribution is -2.20. The first-order valence-corrected chi connectivity index (χ1v) is 8.56. The van der Waals surface area contributed by atoms with Crippen LogP contribution in [-0.2, 0) is 0 Å². The minimum atomic E-state index is -0.259. The van der Waals surface area contributed by atoms with Crippen molar-refractivity contribution in [3.8, 4) is 0 Å². The molecule has 0 saturated carbocycles. The van der Waals surface area contributed by atoms with Crippen molar-refractivity contribution >= 4 is 58.8 Å². The zero-order chi connectivity index (χ0) is 17.1. The number of fused-ring (bicyclic) bond motifs is 1.